The smallest absolute Gasteiger partial charge is 0.271 e. The van der Waals surface area contributed by atoms with Crippen molar-refractivity contribution < 1.29 is 0 Å². The number of rotatable bonds is 3. The zero-order valence-corrected chi connectivity index (χ0v) is 11.9. The maximum absolute atomic E-state index is 12.3. The Kier molecular flexibility index (Phi) is 3.48. The fourth-order valence-corrected chi connectivity index (χ4v) is 3.01. The fourth-order valence-electron chi connectivity index (χ4n) is 2.06. The summed E-state index contributed by atoms with van der Waals surface area (Å²) in [5, 5.41) is 1.98. The second kappa shape index (κ2) is 5.43. The summed E-state index contributed by atoms with van der Waals surface area (Å²) < 4.78 is 2.37. The third kappa shape index (κ3) is 2.42. The molecule has 0 fully saturated rings. The Morgan fingerprint density at radius 1 is 1.30 bits per heavy atom. The molecule has 0 aliphatic heterocycles. The lowest BCUT2D eigenvalue weighted by atomic mass is 10.2. The van der Waals surface area contributed by atoms with Crippen LogP contribution in [0.15, 0.2) is 52.9 Å². The summed E-state index contributed by atoms with van der Waals surface area (Å²) in [6, 6.07) is 10.0. The molecule has 3 aromatic rings. The Hall–Kier alpha value is -2.20. The SMILES string of the molecule is Cc1csc2c(=O)n(C/C=C/c3ccccc3)cnc12. The van der Waals surface area contributed by atoms with Crippen LogP contribution in [0.25, 0.3) is 16.3 Å². The fraction of sp³-hybridized carbons (Fsp3) is 0.125. The van der Waals surface area contributed by atoms with Crippen LogP contribution in [-0.4, -0.2) is 9.55 Å². The van der Waals surface area contributed by atoms with Crippen LogP contribution >= 0.6 is 11.3 Å². The van der Waals surface area contributed by atoms with Gasteiger partial charge in [0, 0.05) is 6.54 Å². The number of aryl methyl sites for hydroxylation is 1. The largest absolute Gasteiger partial charge is 0.294 e. The minimum absolute atomic E-state index is 0.0332. The summed E-state index contributed by atoms with van der Waals surface area (Å²) in [4.78, 5) is 16.7. The van der Waals surface area contributed by atoms with Crippen LogP contribution in [0, 0.1) is 6.92 Å². The van der Waals surface area contributed by atoms with E-state index in [1.807, 2.05) is 54.8 Å². The average molecular weight is 282 g/mol. The van der Waals surface area contributed by atoms with E-state index < -0.39 is 0 Å². The summed E-state index contributed by atoms with van der Waals surface area (Å²) >= 11 is 1.46. The van der Waals surface area contributed by atoms with E-state index in [9.17, 15) is 4.79 Å². The lowest BCUT2D eigenvalue weighted by Crippen LogP contribution is -2.18. The number of hydrogen-bond acceptors (Lipinski definition) is 3. The summed E-state index contributed by atoms with van der Waals surface area (Å²) in [5.41, 5.74) is 3.05. The molecule has 2 aromatic heterocycles. The summed E-state index contributed by atoms with van der Waals surface area (Å²) in [7, 11) is 0. The highest BCUT2D eigenvalue weighted by Gasteiger charge is 2.07. The third-order valence-electron chi connectivity index (χ3n) is 3.14. The number of nitrogens with zero attached hydrogens (tertiary/aromatic N) is 2. The Morgan fingerprint density at radius 2 is 2.10 bits per heavy atom. The topological polar surface area (TPSA) is 34.9 Å². The minimum Gasteiger partial charge on any atom is -0.294 e. The number of aromatic nitrogens is 2. The second-order valence-corrected chi connectivity index (χ2v) is 5.49. The van der Waals surface area contributed by atoms with E-state index in [4.69, 9.17) is 0 Å². The zero-order chi connectivity index (χ0) is 13.9. The van der Waals surface area contributed by atoms with Crippen LogP contribution in [0.1, 0.15) is 11.1 Å². The Balaban J connectivity index is 1.87. The quantitative estimate of drug-likeness (QED) is 0.737. The molecule has 0 saturated heterocycles. The van der Waals surface area contributed by atoms with E-state index in [0.717, 1.165) is 21.3 Å². The summed E-state index contributed by atoms with van der Waals surface area (Å²) in [5.74, 6) is 0. The van der Waals surface area contributed by atoms with Gasteiger partial charge in [-0.05, 0) is 23.4 Å². The molecule has 1 aromatic carbocycles. The van der Waals surface area contributed by atoms with Crippen molar-refractivity contribution in [2.24, 2.45) is 0 Å². The van der Waals surface area contributed by atoms with E-state index in [1.165, 1.54) is 11.3 Å². The predicted molar refractivity (Wildman–Crippen MR) is 84.1 cm³/mol. The Bertz CT molecular complexity index is 815. The molecule has 0 amide bonds. The van der Waals surface area contributed by atoms with Crippen LogP contribution < -0.4 is 5.56 Å². The molecule has 0 spiro atoms. The van der Waals surface area contributed by atoms with Crippen LogP contribution in [-0.2, 0) is 6.54 Å². The Morgan fingerprint density at radius 3 is 2.90 bits per heavy atom. The molecule has 3 rings (SSSR count). The second-order valence-electron chi connectivity index (χ2n) is 4.61. The highest BCUT2D eigenvalue weighted by Crippen LogP contribution is 2.19. The van der Waals surface area contributed by atoms with Gasteiger partial charge in [-0.1, -0.05) is 42.5 Å². The molecule has 0 radical (unpaired) electrons. The van der Waals surface area contributed by atoms with Crippen LogP contribution in [0.5, 0.6) is 0 Å². The average Bonchev–Trinajstić information content (AvgIpc) is 2.85. The van der Waals surface area contributed by atoms with Gasteiger partial charge in [-0.15, -0.1) is 11.3 Å². The lowest BCUT2D eigenvalue weighted by Gasteiger charge is -2.01. The monoisotopic (exact) mass is 282 g/mol. The standard InChI is InChI=1S/C16H14N2OS/c1-12-10-20-15-14(12)17-11-18(16(15)19)9-5-8-13-6-3-2-4-7-13/h2-8,10-11H,9H2,1H3/b8-5+. The van der Waals surface area contributed by atoms with Gasteiger partial charge in [0.05, 0.1) is 11.8 Å². The van der Waals surface area contributed by atoms with Gasteiger partial charge in [0.2, 0.25) is 0 Å². The van der Waals surface area contributed by atoms with Crippen LogP contribution in [0.4, 0.5) is 0 Å². The molecule has 4 heteroatoms. The maximum Gasteiger partial charge on any atom is 0.271 e. The number of allylic oxidation sites excluding steroid dienone is 1. The predicted octanol–water partition coefficient (Wildman–Crippen LogP) is 3.48. The molecular weight excluding hydrogens is 268 g/mol. The molecule has 0 saturated carbocycles. The highest BCUT2D eigenvalue weighted by molar-refractivity contribution is 7.17. The van der Waals surface area contributed by atoms with Gasteiger partial charge in [-0.3, -0.25) is 9.36 Å². The van der Waals surface area contributed by atoms with E-state index in [0.29, 0.717) is 6.54 Å². The van der Waals surface area contributed by atoms with E-state index in [1.54, 1.807) is 10.9 Å². The molecule has 0 atom stereocenters. The molecule has 20 heavy (non-hydrogen) atoms. The van der Waals surface area contributed by atoms with Gasteiger partial charge in [0.25, 0.3) is 5.56 Å². The van der Waals surface area contributed by atoms with E-state index in [-0.39, 0.29) is 5.56 Å². The highest BCUT2D eigenvalue weighted by atomic mass is 32.1. The van der Waals surface area contributed by atoms with Crippen molar-refractivity contribution in [3.05, 3.63) is 69.6 Å². The lowest BCUT2D eigenvalue weighted by molar-refractivity contribution is 0.770. The van der Waals surface area contributed by atoms with Crippen molar-refractivity contribution in [3.8, 4) is 0 Å². The first-order valence-electron chi connectivity index (χ1n) is 6.40. The van der Waals surface area contributed by atoms with Gasteiger partial charge >= 0.3 is 0 Å². The molecule has 0 aliphatic rings. The Labute approximate surface area is 120 Å². The van der Waals surface area contributed by atoms with Gasteiger partial charge in [-0.2, -0.15) is 0 Å². The molecule has 3 nitrogen and oxygen atoms in total. The van der Waals surface area contributed by atoms with Crippen LogP contribution in [0.2, 0.25) is 0 Å². The van der Waals surface area contributed by atoms with Crippen LogP contribution in [0.3, 0.4) is 0 Å². The van der Waals surface area contributed by atoms with Gasteiger partial charge < -0.3 is 0 Å². The van der Waals surface area contributed by atoms with Crippen molar-refractivity contribution in [2.75, 3.05) is 0 Å². The van der Waals surface area contributed by atoms with Gasteiger partial charge in [0.1, 0.15) is 4.70 Å². The van der Waals surface area contributed by atoms with Crippen molar-refractivity contribution in [2.45, 2.75) is 13.5 Å². The molecule has 0 N–H and O–H groups in total. The van der Waals surface area contributed by atoms with Crippen molar-refractivity contribution in [1.29, 1.82) is 0 Å². The van der Waals surface area contributed by atoms with E-state index in [2.05, 4.69) is 4.98 Å². The third-order valence-corrected chi connectivity index (χ3v) is 4.21. The zero-order valence-electron chi connectivity index (χ0n) is 11.1. The molecule has 0 bridgehead atoms. The van der Waals surface area contributed by atoms with Crippen molar-refractivity contribution in [1.82, 2.24) is 9.55 Å². The molecule has 2 heterocycles. The normalized spacial score (nSPS) is 11.4. The first kappa shape index (κ1) is 12.8. The van der Waals surface area contributed by atoms with Crippen molar-refractivity contribution >= 4 is 27.6 Å². The minimum atomic E-state index is 0.0332. The van der Waals surface area contributed by atoms with Crippen molar-refractivity contribution in [3.63, 3.8) is 0 Å². The number of thiophene rings is 1. The molecule has 0 aliphatic carbocycles. The number of fused-ring (bicyclic) bond motifs is 1. The van der Waals surface area contributed by atoms with E-state index >= 15 is 0 Å². The summed E-state index contributed by atoms with van der Waals surface area (Å²) in [6.45, 7) is 2.51. The number of benzene rings is 1. The first-order chi connectivity index (χ1) is 9.75. The first-order valence-corrected chi connectivity index (χ1v) is 7.28. The molecule has 0 unspecified atom stereocenters. The molecule has 100 valence electrons. The van der Waals surface area contributed by atoms with Gasteiger partial charge in [0.15, 0.2) is 0 Å². The number of hydrogen-bond donors (Lipinski definition) is 0. The van der Waals surface area contributed by atoms with Gasteiger partial charge in [-0.25, -0.2) is 4.98 Å². The maximum atomic E-state index is 12.3. The molecular formula is C16H14N2OS. The summed E-state index contributed by atoms with van der Waals surface area (Å²) in [6.07, 6.45) is 5.61.